The minimum Gasteiger partial charge on any atom is -0.387 e. The van der Waals surface area contributed by atoms with Gasteiger partial charge < -0.3 is 45.2 Å². The highest BCUT2D eigenvalue weighted by molar-refractivity contribution is 7.66. The van der Waals surface area contributed by atoms with Gasteiger partial charge in [-0.25, -0.2) is 13.7 Å². The number of nitrogens with zero attached hydrogens (tertiary/aromatic N) is 3. The Hall–Kier alpha value is -2.13. The molecule has 0 bridgehead atoms. The average molecular weight is 559 g/mol. The molecule has 2 unspecified atom stereocenters. The lowest BCUT2D eigenvalue weighted by atomic mass is 9.87. The molecule has 2 aromatic heterocycles. The number of nitrogens with two attached hydrogens (primary N) is 1. The Kier molecular flexibility index (Phi) is 7.37. The lowest BCUT2D eigenvalue weighted by Gasteiger charge is -2.25. The van der Waals surface area contributed by atoms with Crippen LogP contribution in [-0.2, 0) is 37.2 Å². The summed E-state index contributed by atoms with van der Waals surface area (Å²) in [5, 5.41) is 37.9. The van der Waals surface area contributed by atoms with Crippen molar-refractivity contribution in [3.63, 3.8) is 0 Å². The largest absolute Gasteiger partial charge is 0.490 e. The predicted octanol–water partition coefficient (Wildman–Crippen LogP) is -1.92. The number of ether oxygens (including phenoxy) is 1. The number of phosphoric ester groups is 1. The number of aromatic nitrogens is 3. The molecule has 1 aliphatic rings. The second kappa shape index (κ2) is 9.39. The maximum Gasteiger partial charge on any atom is 0.490 e. The summed E-state index contributed by atoms with van der Waals surface area (Å²) in [6, 6.07) is 2.82. The van der Waals surface area contributed by atoms with Crippen molar-refractivity contribution in [1.29, 1.82) is 5.26 Å². The predicted molar refractivity (Wildman–Crippen MR) is 109 cm³/mol. The van der Waals surface area contributed by atoms with Crippen LogP contribution in [-0.4, -0.2) is 69.9 Å². The number of aliphatic hydroxyl groups is 2. The molecule has 19 nitrogen and oxygen atoms in total. The summed E-state index contributed by atoms with van der Waals surface area (Å²) in [5.41, 5.74) is 1.84. The molecule has 0 aromatic carbocycles. The van der Waals surface area contributed by atoms with Crippen molar-refractivity contribution in [2.24, 2.45) is 0 Å². The molecule has 1 saturated heterocycles. The summed E-state index contributed by atoms with van der Waals surface area (Å²) >= 11 is 0. The van der Waals surface area contributed by atoms with Crippen molar-refractivity contribution in [1.82, 2.24) is 15.2 Å². The second-order valence-electron chi connectivity index (χ2n) is 6.90. The van der Waals surface area contributed by atoms with E-state index in [2.05, 4.69) is 28.3 Å². The first-order valence-electron chi connectivity index (χ1n) is 8.88. The highest BCUT2D eigenvalue weighted by Crippen LogP contribution is 2.66. The summed E-state index contributed by atoms with van der Waals surface area (Å²) in [5.74, 6) is -0.151. The van der Waals surface area contributed by atoms with Crippen LogP contribution in [0.4, 0.5) is 5.82 Å². The van der Waals surface area contributed by atoms with Gasteiger partial charge in [0.05, 0.1) is 12.8 Å². The van der Waals surface area contributed by atoms with Gasteiger partial charge in [-0.15, -0.1) is 5.10 Å². The SMILES string of the molecule is N#C[C@@]1(c2cnnc3c(=O)[nH]c(N)cc23)O[C@H](COP(=O)(O)OP(=O)(O)OP(=O)(O)O)[C@@H](O)[C@H]1O. The zero-order valence-corrected chi connectivity index (χ0v) is 19.5. The average Bonchev–Trinajstić information content (AvgIpc) is 2.94. The molecule has 1 fully saturated rings. The van der Waals surface area contributed by atoms with Crippen molar-refractivity contribution in [3.05, 3.63) is 28.2 Å². The van der Waals surface area contributed by atoms with Crippen molar-refractivity contribution in [2.45, 2.75) is 23.9 Å². The Morgan fingerprint density at radius 3 is 2.46 bits per heavy atom. The van der Waals surface area contributed by atoms with Crippen molar-refractivity contribution in [3.8, 4) is 6.07 Å². The molecule has 0 radical (unpaired) electrons. The standard InChI is InChI=1S/C13H16N5O14P3/c14-4-13(6-2-16-18-9-5(6)1-8(15)17-12(9)21)11(20)10(19)7(30-13)3-29-34(25,26)32-35(27,28)31-33(22,23)24/h1-2,7,10-11,19-20H,3H2,(H,25,26)(H,27,28)(H3,15,17,21)(H2,22,23,24)/t7-,10-,11-,13+/m1/s1. The Bertz CT molecular complexity index is 1390. The maximum atomic E-state index is 12.1. The second-order valence-corrected chi connectivity index (χ2v) is 11.3. The first kappa shape index (κ1) is 27.5. The molecule has 192 valence electrons. The number of hydrogen-bond donors (Lipinski definition) is 8. The van der Waals surface area contributed by atoms with Crippen LogP contribution in [0, 0.1) is 11.3 Å². The Morgan fingerprint density at radius 1 is 1.20 bits per heavy atom. The topological polar surface area (TPSA) is 318 Å². The highest BCUT2D eigenvalue weighted by Gasteiger charge is 2.57. The molecule has 3 heterocycles. The Morgan fingerprint density at radius 2 is 1.86 bits per heavy atom. The van der Waals surface area contributed by atoms with Gasteiger partial charge in [0.25, 0.3) is 5.56 Å². The molecule has 3 rings (SSSR count). The molecule has 22 heteroatoms. The number of anilines is 1. The van der Waals surface area contributed by atoms with Crippen molar-refractivity contribution in [2.75, 3.05) is 12.3 Å². The van der Waals surface area contributed by atoms with Gasteiger partial charge in [0.15, 0.2) is 5.52 Å². The number of pyridine rings is 1. The number of H-pyrrole nitrogens is 1. The quantitative estimate of drug-likeness (QED) is 0.163. The van der Waals surface area contributed by atoms with E-state index in [1.165, 1.54) is 6.07 Å². The number of phosphoric acid groups is 3. The summed E-state index contributed by atoms with van der Waals surface area (Å²) in [6.45, 7) is -1.16. The van der Waals surface area contributed by atoms with Crippen molar-refractivity contribution >= 4 is 40.2 Å². The molecular weight excluding hydrogens is 543 g/mol. The third kappa shape index (κ3) is 5.82. The molecule has 9 N–H and O–H groups in total. The van der Waals surface area contributed by atoms with Crippen LogP contribution < -0.4 is 11.3 Å². The lowest BCUT2D eigenvalue weighted by Crippen LogP contribution is -2.40. The fraction of sp³-hybridized carbons (Fsp3) is 0.385. The minimum absolute atomic E-state index is 0.0809. The molecule has 6 atom stereocenters. The number of nitrogen functional groups attached to an aromatic ring is 1. The van der Waals surface area contributed by atoms with E-state index < -0.39 is 59.5 Å². The lowest BCUT2D eigenvalue weighted by molar-refractivity contribution is -0.0597. The van der Waals surface area contributed by atoms with Crippen LogP contribution in [0.15, 0.2) is 17.1 Å². The zero-order chi connectivity index (χ0) is 26.4. The van der Waals surface area contributed by atoms with E-state index in [9.17, 15) is 43.8 Å². The van der Waals surface area contributed by atoms with Gasteiger partial charge in [-0.3, -0.25) is 9.32 Å². The van der Waals surface area contributed by atoms with Gasteiger partial charge in [0.1, 0.15) is 30.2 Å². The molecule has 1 aliphatic heterocycles. The van der Waals surface area contributed by atoms with E-state index in [4.69, 9.17) is 20.3 Å². The number of aromatic amines is 1. The number of rotatable bonds is 8. The summed E-state index contributed by atoms with van der Waals surface area (Å²) in [7, 11) is -17.0. The summed E-state index contributed by atoms with van der Waals surface area (Å²) in [4.78, 5) is 50.2. The monoisotopic (exact) mass is 559 g/mol. The first-order chi connectivity index (χ1) is 16.0. The van der Waals surface area contributed by atoms with Crippen molar-refractivity contribution < 1.29 is 61.4 Å². The van der Waals surface area contributed by atoms with Gasteiger partial charge in [-0.2, -0.15) is 19.0 Å². The van der Waals surface area contributed by atoms with E-state index in [1.54, 1.807) is 6.07 Å². The van der Waals surface area contributed by atoms with Crippen LogP contribution in [0.2, 0.25) is 0 Å². The molecule has 0 spiro atoms. The molecule has 0 amide bonds. The molecule has 0 saturated carbocycles. The van der Waals surface area contributed by atoms with E-state index in [0.29, 0.717) is 0 Å². The molecular formula is C13H16N5O14P3. The van der Waals surface area contributed by atoms with E-state index >= 15 is 0 Å². The van der Waals surface area contributed by atoms with Gasteiger partial charge in [0.2, 0.25) is 5.60 Å². The van der Waals surface area contributed by atoms with Gasteiger partial charge in [-0.1, -0.05) is 0 Å². The fourth-order valence-electron chi connectivity index (χ4n) is 3.19. The number of aliphatic hydroxyl groups excluding tert-OH is 2. The molecule has 0 aliphatic carbocycles. The number of nitriles is 1. The summed E-state index contributed by atoms with van der Waals surface area (Å²) in [6.07, 6.45) is -4.86. The number of nitrogens with one attached hydrogen (secondary N) is 1. The van der Waals surface area contributed by atoms with Gasteiger partial charge >= 0.3 is 23.5 Å². The third-order valence-electron chi connectivity index (χ3n) is 4.50. The smallest absolute Gasteiger partial charge is 0.387 e. The Balaban J connectivity index is 1.88. The summed E-state index contributed by atoms with van der Waals surface area (Å²) < 4.78 is 50.9. The van der Waals surface area contributed by atoms with E-state index in [-0.39, 0.29) is 22.3 Å². The fourth-order valence-corrected chi connectivity index (χ4v) is 6.22. The minimum atomic E-state index is -5.81. The molecule has 2 aromatic rings. The van der Waals surface area contributed by atoms with Crippen LogP contribution in [0.1, 0.15) is 5.56 Å². The van der Waals surface area contributed by atoms with E-state index in [1.807, 2.05) is 0 Å². The van der Waals surface area contributed by atoms with Gasteiger partial charge in [0, 0.05) is 10.9 Å². The number of hydrogen-bond acceptors (Lipinski definition) is 14. The van der Waals surface area contributed by atoms with Crippen LogP contribution >= 0.6 is 23.5 Å². The van der Waals surface area contributed by atoms with Crippen LogP contribution in [0.5, 0.6) is 0 Å². The van der Waals surface area contributed by atoms with Crippen LogP contribution in [0.3, 0.4) is 0 Å². The normalized spacial score (nSPS) is 28.3. The van der Waals surface area contributed by atoms with Gasteiger partial charge in [-0.05, 0) is 6.07 Å². The van der Waals surface area contributed by atoms with E-state index in [0.717, 1.165) is 6.20 Å². The maximum absolute atomic E-state index is 12.1. The third-order valence-corrected chi connectivity index (χ3v) is 8.31. The number of fused-ring (bicyclic) bond motifs is 1. The highest BCUT2D eigenvalue weighted by atomic mass is 31.3. The zero-order valence-electron chi connectivity index (χ0n) is 16.8. The first-order valence-corrected chi connectivity index (χ1v) is 13.4. The Labute approximate surface area is 193 Å². The van der Waals surface area contributed by atoms with Crippen LogP contribution in [0.25, 0.3) is 10.9 Å². The molecule has 35 heavy (non-hydrogen) atoms.